The van der Waals surface area contributed by atoms with Crippen LogP contribution in [0.2, 0.25) is 0 Å². The zero-order chi connectivity index (χ0) is 15.0. The fraction of sp³-hybridized carbons (Fsp3) is 0.471. The summed E-state index contributed by atoms with van der Waals surface area (Å²) in [6.45, 7) is 8.21. The van der Waals surface area contributed by atoms with E-state index in [1.807, 2.05) is 36.1 Å². The monoisotopic (exact) mass is 275 g/mol. The lowest BCUT2D eigenvalue weighted by atomic mass is 10.1. The Labute approximate surface area is 122 Å². The Morgan fingerprint density at radius 2 is 2.15 bits per heavy atom. The van der Waals surface area contributed by atoms with Crippen LogP contribution in [0.1, 0.15) is 25.0 Å². The van der Waals surface area contributed by atoms with Crippen LogP contribution in [0.15, 0.2) is 30.3 Å². The number of hydrogen-bond acceptors (Lipinski definition) is 2. The molecule has 0 aromatic heterocycles. The standard InChI is InChI=1S/C17H25NO2/c1-14(2)13-18(10-11-20-4)17(19)9-8-16-7-5-6-15(3)12-16/h5-9,12,14H,10-11,13H2,1-4H3/b9-8+. The highest BCUT2D eigenvalue weighted by Gasteiger charge is 2.11. The fourth-order valence-electron chi connectivity index (χ4n) is 1.98. The number of benzene rings is 1. The van der Waals surface area contributed by atoms with Crippen LogP contribution in [0.3, 0.4) is 0 Å². The van der Waals surface area contributed by atoms with Gasteiger partial charge in [-0.15, -0.1) is 0 Å². The first-order chi connectivity index (χ1) is 9.52. The third kappa shape index (κ3) is 6.02. The number of ether oxygens (including phenoxy) is 1. The molecule has 0 radical (unpaired) electrons. The summed E-state index contributed by atoms with van der Waals surface area (Å²) in [5.41, 5.74) is 2.24. The zero-order valence-corrected chi connectivity index (χ0v) is 12.9. The van der Waals surface area contributed by atoms with Gasteiger partial charge in [0.25, 0.3) is 0 Å². The Morgan fingerprint density at radius 3 is 2.75 bits per heavy atom. The van der Waals surface area contributed by atoms with Crippen molar-refractivity contribution < 1.29 is 9.53 Å². The number of amides is 1. The average molecular weight is 275 g/mol. The number of carbonyl (C=O) groups excluding carboxylic acids is 1. The van der Waals surface area contributed by atoms with Crippen LogP contribution in [0.4, 0.5) is 0 Å². The predicted molar refractivity (Wildman–Crippen MR) is 83.5 cm³/mol. The molecule has 1 aromatic rings. The molecule has 0 aliphatic rings. The summed E-state index contributed by atoms with van der Waals surface area (Å²) in [5, 5.41) is 0. The van der Waals surface area contributed by atoms with Gasteiger partial charge in [-0.2, -0.15) is 0 Å². The molecular weight excluding hydrogens is 250 g/mol. The van der Waals surface area contributed by atoms with Crippen molar-refractivity contribution in [2.75, 3.05) is 26.8 Å². The Kier molecular flexibility index (Phi) is 7.02. The maximum atomic E-state index is 12.2. The SMILES string of the molecule is COCCN(CC(C)C)C(=O)/C=C/c1cccc(C)c1. The summed E-state index contributed by atoms with van der Waals surface area (Å²) in [6, 6.07) is 8.10. The zero-order valence-electron chi connectivity index (χ0n) is 12.9. The van der Waals surface area contributed by atoms with E-state index in [1.165, 1.54) is 5.56 Å². The molecule has 0 saturated carbocycles. The summed E-state index contributed by atoms with van der Waals surface area (Å²) in [7, 11) is 1.65. The molecule has 0 fully saturated rings. The number of aryl methyl sites for hydroxylation is 1. The molecule has 0 heterocycles. The molecular formula is C17H25NO2. The Bertz CT molecular complexity index is 452. The van der Waals surface area contributed by atoms with Gasteiger partial charge < -0.3 is 9.64 Å². The number of hydrogen-bond donors (Lipinski definition) is 0. The number of nitrogens with zero attached hydrogens (tertiary/aromatic N) is 1. The summed E-state index contributed by atoms with van der Waals surface area (Å²) in [4.78, 5) is 14.1. The number of rotatable bonds is 7. The minimum Gasteiger partial charge on any atom is -0.383 e. The maximum absolute atomic E-state index is 12.2. The minimum absolute atomic E-state index is 0.0391. The molecule has 0 spiro atoms. The molecule has 0 atom stereocenters. The van der Waals surface area contributed by atoms with Gasteiger partial charge in [-0.05, 0) is 24.5 Å². The van der Waals surface area contributed by atoms with Crippen molar-refractivity contribution in [1.29, 1.82) is 0 Å². The van der Waals surface area contributed by atoms with Crippen LogP contribution in [0.5, 0.6) is 0 Å². The van der Waals surface area contributed by atoms with Crippen molar-refractivity contribution in [3.63, 3.8) is 0 Å². The Hall–Kier alpha value is -1.61. The molecule has 1 aromatic carbocycles. The maximum Gasteiger partial charge on any atom is 0.246 e. The van der Waals surface area contributed by atoms with Gasteiger partial charge in [-0.25, -0.2) is 0 Å². The van der Waals surface area contributed by atoms with Crippen molar-refractivity contribution in [3.8, 4) is 0 Å². The van der Waals surface area contributed by atoms with Crippen LogP contribution in [-0.2, 0) is 9.53 Å². The van der Waals surface area contributed by atoms with Crippen LogP contribution >= 0.6 is 0 Å². The van der Waals surface area contributed by atoms with Gasteiger partial charge in [0.1, 0.15) is 0 Å². The molecule has 0 saturated heterocycles. The van der Waals surface area contributed by atoms with Crippen molar-refractivity contribution >= 4 is 12.0 Å². The first-order valence-corrected chi connectivity index (χ1v) is 7.05. The largest absolute Gasteiger partial charge is 0.383 e. The first-order valence-electron chi connectivity index (χ1n) is 7.05. The lowest BCUT2D eigenvalue weighted by molar-refractivity contribution is -0.127. The lowest BCUT2D eigenvalue weighted by Gasteiger charge is -2.22. The second kappa shape index (κ2) is 8.54. The lowest BCUT2D eigenvalue weighted by Crippen LogP contribution is -2.35. The molecule has 1 amide bonds. The van der Waals surface area contributed by atoms with E-state index in [4.69, 9.17) is 4.74 Å². The highest BCUT2D eigenvalue weighted by molar-refractivity contribution is 5.91. The summed E-state index contributed by atoms with van der Waals surface area (Å²) in [6.07, 6.45) is 3.52. The van der Waals surface area contributed by atoms with E-state index >= 15 is 0 Å². The highest BCUT2D eigenvalue weighted by Crippen LogP contribution is 2.07. The van der Waals surface area contributed by atoms with Crippen LogP contribution < -0.4 is 0 Å². The third-order valence-corrected chi connectivity index (χ3v) is 2.92. The molecule has 1 rings (SSSR count). The van der Waals surface area contributed by atoms with Gasteiger partial charge in [0.15, 0.2) is 0 Å². The first kappa shape index (κ1) is 16.4. The van der Waals surface area contributed by atoms with E-state index in [-0.39, 0.29) is 5.91 Å². The molecule has 0 aliphatic heterocycles. The van der Waals surface area contributed by atoms with E-state index in [1.54, 1.807) is 13.2 Å². The molecule has 0 unspecified atom stereocenters. The quantitative estimate of drug-likeness (QED) is 0.715. The normalized spacial score (nSPS) is 11.2. The summed E-state index contributed by atoms with van der Waals surface area (Å²) >= 11 is 0. The average Bonchev–Trinajstić information content (AvgIpc) is 2.40. The second-order valence-electron chi connectivity index (χ2n) is 5.42. The van der Waals surface area contributed by atoms with Crippen LogP contribution in [0.25, 0.3) is 6.08 Å². The van der Waals surface area contributed by atoms with Gasteiger partial charge in [-0.3, -0.25) is 4.79 Å². The molecule has 0 N–H and O–H groups in total. The molecule has 0 aliphatic carbocycles. The topological polar surface area (TPSA) is 29.5 Å². The van der Waals surface area contributed by atoms with Gasteiger partial charge in [0, 0.05) is 26.3 Å². The highest BCUT2D eigenvalue weighted by atomic mass is 16.5. The minimum atomic E-state index is 0.0391. The second-order valence-corrected chi connectivity index (χ2v) is 5.42. The number of methoxy groups -OCH3 is 1. The molecule has 3 nitrogen and oxygen atoms in total. The smallest absolute Gasteiger partial charge is 0.246 e. The van der Waals surface area contributed by atoms with Gasteiger partial charge in [0.05, 0.1) is 6.61 Å². The summed E-state index contributed by atoms with van der Waals surface area (Å²) in [5.74, 6) is 0.487. The summed E-state index contributed by atoms with van der Waals surface area (Å²) < 4.78 is 5.06. The molecule has 20 heavy (non-hydrogen) atoms. The Morgan fingerprint density at radius 1 is 1.40 bits per heavy atom. The third-order valence-electron chi connectivity index (χ3n) is 2.92. The molecule has 3 heteroatoms. The Balaban J connectivity index is 2.69. The van der Waals surface area contributed by atoms with Crippen LogP contribution in [0, 0.1) is 12.8 Å². The van der Waals surface area contributed by atoms with E-state index in [9.17, 15) is 4.79 Å². The number of carbonyl (C=O) groups is 1. The van der Waals surface area contributed by atoms with E-state index < -0.39 is 0 Å². The predicted octanol–water partition coefficient (Wildman–Crippen LogP) is 3.14. The van der Waals surface area contributed by atoms with E-state index in [2.05, 4.69) is 19.9 Å². The van der Waals surface area contributed by atoms with Gasteiger partial charge in [-0.1, -0.05) is 43.7 Å². The molecule has 110 valence electrons. The van der Waals surface area contributed by atoms with Crippen molar-refractivity contribution in [1.82, 2.24) is 4.90 Å². The van der Waals surface area contributed by atoms with E-state index in [0.29, 0.717) is 19.1 Å². The molecule has 0 bridgehead atoms. The van der Waals surface area contributed by atoms with Crippen molar-refractivity contribution in [3.05, 3.63) is 41.5 Å². The van der Waals surface area contributed by atoms with Crippen LogP contribution in [-0.4, -0.2) is 37.6 Å². The van der Waals surface area contributed by atoms with Crippen molar-refractivity contribution in [2.24, 2.45) is 5.92 Å². The van der Waals surface area contributed by atoms with E-state index in [0.717, 1.165) is 12.1 Å². The fourth-order valence-corrected chi connectivity index (χ4v) is 1.98. The van der Waals surface area contributed by atoms with Gasteiger partial charge in [0.2, 0.25) is 5.91 Å². The van der Waals surface area contributed by atoms with Gasteiger partial charge >= 0.3 is 0 Å². The van der Waals surface area contributed by atoms with Crippen molar-refractivity contribution in [2.45, 2.75) is 20.8 Å².